The van der Waals surface area contributed by atoms with E-state index in [0.29, 0.717) is 11.3 Å². The number of carbonyl (C=O) groups excluding carboxylic acids is 1. The number of phenolic OH excluding ortho intramolecular Hbond substituents is 1. The second kappa shape index (κ2) is 6.32. The fraction of sp³-hybridized carbons (Fsp3) is 0.412. The van der Waals surface area contributed by atoms with E-state index < -0.39 is 11.7 Å². The first kappa shape index (κ1) is 16.9. The van der Waals surface area contributed by atoms with Gasteiger partial charge in [0.05, 0.1) is 24.1 Å². The number of hydrogen-bond donors (Lipinski definition) is 1. The van der Waals surface area contributed by atoms with Crippen LogP contribution in [0, 0.1) is 6.92 Å². The van der Waals surface area contributed by atoms with Crippen LogP contribution < -0.4 is 4.90 Å². The molecule has 0 aliphatic rings. The van der Waals surface area contributed by atoms with Gasteiger partial charge in [0, 0.05) is 12.6 Å². The number of rotatable bonds is 3. The van der Waals surface area contributed by atoms with E-state index in [0.717, 1.165) is 5.69 Å². The van der Waals surface area contributed by atoms with Gasteiger partial charge in [0.2, 0.25) is 0 Å². The monoisotopic (exact) mass is 317 g/mol. The van der Waals surface area contributed by atoms with Gasteiger partial charge in [-0.1, -0.05) is 18.2 Å². The van der Waals surface area contributed by atoms with Crippen molar-refractivity contribution in [2.75, 3.05) is 4.90 Å². The molecule has 6 heteroatoms. The number of anilines is 1. The molecule has 0 atom stereocenters. The maximum absolute atomic E-state index is 12.6. The molecule has 1 heterocycles. The molecule has 124 valence electrons. The van der Waals surface area contributed by atoms with Gasteiger partial charge in [-0.3, -0.25) is 9.58 Å². The summed E-state index contributed by atoms with van der Waals surface area (Å²) in [5.41, 5.74) is 1.53. The highest BCUT2D eigenvalue weighted by molar-refractivity contribution is 5.88. The molecular formula is C17H23N3O3. The SMILES string of the molecule is Cc1c(N(Cc2ccccc2O)C(=O)OC(C)(C)C)cnn1C. The highest BCUT2D eigenvalue weighted by Gasteiger charge is 2.26. The average Bonchev–Trinajstić information content (AvgIpc) is 2.76. The molecule has 1 aromatic heterocycles. The van der Waals surface area contributed by atoms with Crippen molar-refractivity contribution in [3.8, 4) is 5.75 Å². The van der Waals surface area contributed by atoms with Crippen LogP contribution in [0.4, 0.5) is 10.5 Å². The Morgan fingerprint density at radius 2 is 2.00 bits per heavy atom. The summed E-state index contributed by atoms with van der Waals surface area (Å²) in [4.78, 5) is 14.1. The van der Waals surface area contributed by atoms with E-state index >= 15 is 0 Å². The molecule has 0 saturated carbocycles. The molecule has 0 radical (unpaired) electrons. The van der Waals surface area contributed by atoms with Crippen LogP contribution in [0.25, 0.3) is 0 Å². The molecule has 0 unspecified atom stereocenters. The fourth-order valence-electron chi connectivity index (χ4n) is 2.13. The molecule has 23 heavy (non-hydrogen) atoms. The summed E-state index contributed by atoms with van der Waals surface area (Å²) < 4.78 is 7.19. The number of phenols is 1. The van der Waals surface area contributed by atoms with Crippen molar-refractivity contribution in [3.05, 3.63) is 41.7 Å². The van der Waals surface area contributed by atoms with Gasteiger partial charge in [-0.2, -0.15) is 5.10 Å². The van der Waals surface area contributed by atoms with Gasteiger partial charge in [-0.25, -0.2) is 4.79 Å². The number of aromatic nitrogens is 2. The Morgan fingerprint density at radius 1 is 1.35 bits per heavy atom. The van der Waals surface area contributed by atoms with Crippen molar-refractivity contribution >= 4 is 11.8 Å². The van der Waals surface area contributed by atoms with Gasteiger partial charge in [0.25, 0.3) is 0 Å². The maximum atomic E-state index is 12.6. The fourth-order valence-corrected chi connectivity index (χ4v) is 2.13. The first-order valence-electron chi connectivity index (χ1n) is 7.45. The summed E-state index contributed by atoms with van der Waals surface area (Å²) in [7, 11) is 1.81. The van der Waals surface area contributed by atoms with Gasteiger partial charge >= 0.3 is 6.09 Å². The van der Waals surface area contributed by atoms with Crippen molar-refractivity contribution in [2.24, 2.45) is 7.05 Å². The lowest BCUT2D eigenvalue weighted by Gasteiger charge is -2.27. The van der Waals surface area contributed by atoms with Crippen LogP contribution in [0.2, 0.25) is 0 Å². The Kier molecular flexibility index (Phi) is 4.63. The van der Waals surface area contributed by atoms with Gasteiger partial charge in [-0.15, -0.1) is 0 Å². The van der Waals surface area contributed by atoms with Crippen molar-refractivity contribution in [1.29, 1.82) is 0 Å². The number of amides is 1. The topological polar surface area (TPSA) is 67.6 Å². The summed E-state index contributed by atoms with van der Waals surface area (Å²) in [6.07, 6.45) is 1.15. The van der Waals surface area contributed by atoms with Crippen molar-refractivity contribution < 1.29 is 14.6 Å². The number of carbonyl (C=O) groups is 1. The van der Waals surface area contributed by atoms with Crippen LogP contribution in [-0.4, -0.2) is 26.6 Å². The summed E-state index contributed by atoms with van der Waals surface area (Å²) in [5, 5.41) is 14.2. The second-order valence-electron chi connectivity index (χ2n) is 6.43. The summed E-state index contributed by atoms with van der Waals surface area (Å²) in [5.74, 6) is 0.141. The Morgan fingerprint density at radius 3 is 2.52 bits per heavy atom. The van der Waals surface area contributed by atoms with Crippen LogP contribution in [0.1, 0.15) is 32.0 Å². The Balaban J connectivity index is 2.37. The highest BCUT2D eigenvalue weighted by atomic mass is 16.6. The number of ether oxygens (including phenoxy) is 1. The van der Waals surface area contributed by atoms with Gasteiger partial charge in [0.15, 0.2) is 0 Å². The Bertz CT molecular complexity index is 701. The molecular weight excluding hydrogens is 294 g/mol. The minimum Gasteiger partial charge on any atom is -0.508 e. The van der Waals surface area contributed by atoms with E-state index in [1.54, 1.807) is 29.1 Å². The molecule has 2 aromatic rings. The predicted molar refractivity (Wildman–Crippen MR) is 88.5 cm³/mol. The predicted octanol–water partition coefficient (Wildman–Crippen LogP) is 3.38. The molecule has 0 aliphatic carbocycles. The molecule has 0 bridgehead atoms. The number of aromatic hydroxyl groups is 1. The second-order valence-corrected chi connectivity index (χ2v) is 6.43. The lowest BCUT2D eigenvalue weighted by Crippen LogP contribution is -2.36. The van der Waals surface area contributed by atoms with Crippen LogP contribution in [0.3, 0.4) is 0 Å². The number of para-hydroxylation sites is 1. The van der Waals surface area contributed by atoms with Crippen molar-refractivity contribution in [3.63, 3.8) is 0 Å². The van der Waals surface area contributed by atoms with Crippen molar-refractivity contribution in [2.45, 2.75) is 39.8 Å². The summed E-state index contributed by atoms with van der Waals surface area (Å²) in [6.45, 7) is 7.54. The first-order chi connectivity index (χ1) is 10.7. The smallest absolute Gasteiger partial charge is 0.415 e. The summed E-state index contributed by atoms with van der Waals surface area (Å²) >= 11 is 0. The van der Waals surface area contributed by atoms with Gasteiger partial charge < -0.3 is 9.84 Å². The lowest BCUT2D eigenvalue weighted by atomic mass is 10.1. The quantitative estimate of drug-likeness (QED) is 0.942. The third-order valence-corrected chi connectivity index (χ3v) is 3.43. The zero-order valence-electron chi connectivity index (χ0n) is 14.2. The van der Waals surface area contributed by atoms with E-state index in [2.05, 4.69) is 5.10 Å². The average molecular weight is 317 g/mol. The minimum atomic E-state index is -0.607. The normalized spacial score (nSPS) is 11.3. The molecule has 6 nitrogen and oxygen atoms in total. The largest absolute Gasteiger partial charge is 0.508 e. The van der Waals surface area contributed by atoms with E-state index in [1.165, 1.54) is 4.90 Å². The molecule has 1 N–H and O–H groups in total. The Hall–Kier alpha value is -2.50. The van der Waals surface area contributed by atoms with E-state index in [1.807, 2.05) is 40.8 Å². The third kappa shape index (κ3) is 4.03. The first-order valence-corrected chi connectivity index (χ1v) is 7.45. The molecule has 1 amide bonds. The lowest BCUT2D eigenvalue weighted by molar-refractivity contribution is 0.0577. The minimum absolute atomic E-state index is 0.141. The van der Waals surface area contributed by atoms with E-state index in [4.69, 9.17) is 4.74 Å². The van der Waals surface area contributed by atoms with E-state index in [9.17, 15) is 9.90 Å². The third-order valence-electron chi connectivity index (χ3n) is 3.43. The van der Waals surface area contributed by atoms with Crippen LogP contribution in [0.5, 0.6) is 5.75 Å². The molecule has 0 saturated heterocycles. The number of aryl methyl sites for hydroxylation is 1. The van der Waals surface area contributed by atoms with Crippen LogP contribution in [-0.2, 0) is 18.3 Å². The maximum Gasteiger partial charge on any atom is 0.415 e. The molecule has 2 rings (SSSR count). The van der Waals surface area contributed by atoms with Crippen LogP contribution in [0.15, 0.2) is 30.5 Å². The summed E-state index contributed by atoms with van der Waals surface area (Å²) in [6, 6.07) is 6.93. The van der Waals surface area contributed by atoms with E-state index in [-0.39, 0.29) is 12.3 Å². The molecule has 1 aromatic carbocycles. The van der Waals surface area contributed by atoms with Crippen LogP contribution >= 0.6 is 0 Å². The van der Waals surface area contributed by atoms with Gasteiger partial charge in [-0.05, 0) is 33.8 Å². The van der Waals surface area contributed by atoms with Crippen molar-refractivity contribution in [1.82, 2.24) is 9.78 Å². The molecule has 0 spiro atoms. The standard InChI is InChI=1S/C17H23N3O3/c1-12-14(10-18-19(12)5)20(16(22)23-17(2,3)4)11-13-8-6-7-9-15(13)21/h6-10,21H,11H2,1-5H3. The number of benzene rings is 1. The number of nitrogens with zero attached hydrogens (tertiary/aromatic N) is 3. The number of hydrogen-bond acceptors (Lipinski definition) is 4. The zero-order valence-corrected chi connectivity index (χ0v) is 14.2. The molecule has 0 aliphatic heterocycles. The zero-order chi connectivity index (χ0) is 17.2. The van der Waals surface area contributed by atoms with Gasteiger partial charge in [0.1, 0.15) is 11.4 Å². The highest BCUT2D eigenvalue weighted by Crippen LogP contribution is 2.26. The molecule has 0 fully saturated rings. The Labute approximate surface area is 136 Å².